The van der Waals surface area contributed by atoms with Crippen molar-refractivity contribution in [2.24, 2.45) is 11.3 Å². The average molecular weight is 234 g/mol. The molecule has 2 unspecified atom stereocenters. The van der Waals surface area contributed by atoms with E-state index in [9.17, 15) is 5.26 Å². The van der Waals surface area contributed by atoms with E-state index in [1.54, 1.807) is 11.3 Å². The first kappa shape index (κ1) is 11.6. The molecule has 1 aliphatic carbocycles. The molecule has 0 bridgehead atoms. The number of hydrogen-bond acceptors (Lipinski definition) is 3. The SMILES string of the molecule is Cc1csc(CC2(C#N)CCCC(C)C2)n1. The largest absolute Gasteiger partial charge is 0.247 e. The van der Waals surface area contributed by atoms with Gasteiger partial charge in [0.05, 0.1) is 16.5 Å². The van der Waals surface area contributed by atoms with Crippen LogP contribution in [0.2, 0.25) is 0 Å². The summed E-state index contributed by atoms with van der Waals surface area (Å²) in [7, 11) is 0. The molecule has 2 rings (SSSR count). The standard InChI is InChI=1S/C13H18N2S/c1-10-4-3-5-13(6-10,9-14)7-12-15-11(2)8-16-12/h8,10H,3-7H2,1-2H3. The third-order valence-corrected chi connectivity index (χ3v) is 4.45. The first-order valence-electron chi connectivity index (χ1n) is 5.96. The van der Waals surface area contributed by atoms with Gasteiger partial charge in [-0.1, -0.05) is 19.8 Å². The van der Waals surface area contributed by atoms with Crippen LogP contribution < -0.4 is 0 Å². The second-order valence-corrected chi connectivity index (χ2v) is 6.10. The molecular weight excluding hydrogens is 216 g/mol. The van der Waals surface area contributed by atoms with Gasteiger partial charge in [0.25, 0.3) is 0 Å². The summed E-state index contributed by atoms with van der Waals surface area (Å²) < 4.78 is 0. The van der Waals surface area contributed by atoms with Crippen LogP contribution in [0.25, 0.3) is 0 Å². The summed E-state index contributed by atoms with van der Waals surface area (Å²) in [5, 5.41) is 12.7. The minimum Gasteiger partial charge on any atom is -0.247 e. The monoisotopic (exact) mass is 234 g/mol. The summed E-state index contributed by atoms with van der Waals surface area (Å²) in [6.07, 6.45) is 5.42. The van der Waals surface area contributed by atoms with Gasteiger partial charge >= 0.3 is 0 Å². The van der Waals surface area contributed by atoms with Crippen LogP contribution in [-0.4, -0.2) is 4.98 Å². The quantitative estimate of drug-likeness (QED) is 0.782. The van der Waals surface area contributed by atoms with Gasteiger partial charge in [-0.2, -0.15) is 5.26 Å². The minimum atomic E-state index is -0.137. The van der Waals surface area contributed by atoms with Gasteiger partial charge in [0.2, 0.25) is 0 Å². The van der Waals surface area contributed by atoms with Crippen molar-refractivity contribution in [1.29, 1.82) is 5.26 Å². The summed E-state index contributed by atoms with van der Waals surface area (Å²) in [5.41, 5.74) is 0.944. The Hall–Kier alpha value is -0.880. The highest BCUT2D eigenvalue weighted by atomic mass is 32.1. The Balaban J connectivity index is 2.13. The number of hydrogen-bond donors (Lipinski definition) is 0. The third-order valence-electron chi connectivity index (χ3n) is 3.48. The van der Waals surface area contributed by atoms with Crippen molar-refractivity contribution in [3.63, 3.8) is 0 Å². The Morgan fingerprint density at radius 1 is 1.69 bits per heavy atom. The lowest BCUT2D eigenvalue weighted by atomic mass is 9.69. The molecule has 1 aliphatic rings. The maximum absolute atomic E-state index is 9.45. The Morgan fingerprint density at radius 3 is 3.06 bits per heavy atom. The Kier molecular flexibility index (Phi) is 3.30. The lowest BCUT2D eigenvalue weighted by molar-refractivity contribution is 0.209. The highest BCUT2D eigenvalue weighted by Gasteiger charge is 2.35. The number of aryl methyl sites for hydroxylation is 1. The molecule has 0 amide bonds. The van der Waals surface area contributed by atoms with E-state index in [0.29, 0.717) is 5.92 Å². The highest BCUT2D eigenvalue weighted by molar-refractivity contribution is 7.09. The van der Waals surface area contributed by atoms with Crippen LogP contribution in [0.1, 0.15) is 43.3 Å². The molecule has 1 heterocycles. The number of nitriles is 1. The summed E-state index contributed by atoms with van der Waals surface area (Å²) in [6.45, 7) is 4.28. The molecule has 86 valence electrons. The Bertz CT molecular complexity index is 404. The van der Waals surface area contributed by atoms with Crippen LogP contribution in [0.4, 0.5) is 0 Å². The van der Waals surface area contributed by atoms with Gasteiger partial charge in [0, 0.05) is 17.5 Å². The molecule has 0 spiro atoms. The Labute approximate surface area is 101 Å². The van der Waals surface area contributed by atoms with Gasteiger partial charge in [0.15, 0.2) is 0 Å². The molecule has 16 heavy (non-hydrogen) atoms. The van der Waals surface area contributed by atoms with E-state index < -0.39 is 0 Å². The fraction of sp³-hybridized carbons (Fsp3) is 0.692. The average Bonchev–Trinajstić information content (AvgIpc) is 2.64. The number of nitrogens with zero attached hydrogens (tertiary/aromatic N) is 2. The molecule has 1 fully saturated rings. The second kappa shape index (κ2) is 4.55. The maximum atomic E-state index is 9.45. The lowest BCUT2D eigenvalue weighted by Crippen LogP contribution is -2.28. The zero-order chi connectivity index (χ0) is 11.6. The van der Waals surface area contributed by atoms with E-state index >= 15 is 0 Å². The van der Waals surface area contributed by atoms with Gasteiger partial charge in [-0.25, -0.2) is 4.98 Å². The van der Waals surface area contributed by atoms with Gasteiger partial charge < -0.3 is 0 Å². The van der Waals surface area contributed by atoms with E-state index in [0.717, 1.165) is 30.0 Å². The van der Waals surface area contributed by atoms with E-state index in [1.165, 1.54) is 12.8 Å². The fourth-order valence-corrected chi connectivity index (χ4v) is 3.65. The summed E-state index contributed by atoms with van der Waals surface area (Å²) in [6, 6.07) is 2.57. The maximum Gasteiger partial charge on any atom is 0.0944 e. The summed E-state index contributed by atoms with van der Waals surface area (Å²) in [5.74, 6) is 0.689. The van der Waals surface area contributed by atoms with Crippen LogP contribution in [0.3, 0.4) is 0 Å². The second-order valence-electron chi connectivity index (χ2n) is 5.15. The molecular formula is C13H18N2S. The lowest BCUT2D eigenvalue weighted by Gasteiger charge is -2.33. The van der Waals surface area contributed by atoms with Crippen LogP contribution in [0.5, 0.6) is 0 Å². The predicted octanol–water partition coefficient (Wildman–Crippen LogP) is 3.71. The zero-order valence-corrected chi connectivity index (χ0v) is 10.8. The van der Waals surface area contributed by atoms with Crippen LogP contribution in [0, 0.1) is 29.6 Å². The van der Waals surface area contributed by atoms with Gasteiger partial charge in [-0.15, -0.1) is 11.3 Å². The minimum absolute atomic E-state index is 0.137. The highest BCUT2D eigenvalue weighted by Crippen LogP contribution is 2.41. The van der Waals surface area contributed by atoms with E-state index in [4.69, 9.17) is 0 Å². The van der Waals surface area contributed by atoms with E-state index in [1.807, 2.05) is 6.92 Å². The topological polar surface area (TPSA) is 36.7 Å². The van der Waals surface area contributed by atoms with Crippen molar-refractivity contribution in [3.05, 3.63) is 16.1 Å². The molecule has 0 saturated heterocycles. The van der Waals surface area contributed by atoms with E-state index in [-0.39, 0.29) is 5.41 Å². The molecule has 2 nitrogen and oxygen atoms in total. The van der Waals surface area contributed by atoms with Crippen molar-refractivity contribution >= 4 is 11.3 Å². The van der Waals surface area contributed by atoms with Crippen molar-refractivity contribution in [3.8, 4) is 6.07 Å². The molecule has 0 aromatic carbocycles. The van der Waals surface area contributed by atoms with Crippen molar-refractivity contribution in [2.75, 3.05) is 0 Å². The first-order chi connectivity index (χ1) is 7.63. The number of rotatable bonds is 2. The predicted molar refractivity (Wildman–Crippen MR) is 66.2 cm³/mol. The number of aromatic nitrogens is 1. The van der Waals surface area contributed by atoms with Gasteiger partial charge in [-0.3, -0.25) is 0 Å². The zero-order valence-electron chi connectivity index (χ0n) is 9.99. The van der Waals surface area contributed by atoms with Crippen molar-refractivity contribution < 1.29 is 0 Å². The molecule has 1 aromatic rings. The number of thiazole rings is 1. The molecule has 1 aromatic heterocycles. The van der Waals surface area contributed by atoms with E-state index in [2.05, 4.69) is 23.4 Å². The fourth-order valence-electron chi connectivity index (χ4n) is 2.74. The molecule has 3 heteroatoms. The molecule has 2 atom stereocenters. The molecule has 0 aliphatic heterocycles. The summed E-state index contributed by atoms with van der Waals surface area (Å²) in [4.78, 5) is 4.49. The first-order valence-corrected chi connectivity index (χ1v) is 6.84. The van der Waals surface area contributed by atoms with Crippen LogP contribution >= 0.6 is 11.3 Å². The third kappa shape index (κ3) is 2.44. The smallest absolute Gasteiger partial charge is 0.0944 e. The van der Waals surface area contributed by atoms with Crippen LogP contribution in [0.15, 0.2) is 5.38 Å². The van der Waals surface area contributed by atoms with Crippen LogP contribution in [-0.2, 0) is 6.42 Å². The Morgan fingerprint density at radius 2 is 2.50 bits per heavy atom. The molecule has 0 N–H and O–H groups in total. The van der Waals surface area contributed by atoms with Gasteiger partial charge in [-0.05, 0) is 25.7 Å². The normalized spacial score (nSPS) is 29.9. The molecule has 0 radical (unpaired) electrons. The van der Waals surface area contributed by atoms with Gasteiger partial charge in [0.1, 0.15) is 0 Å². The molecule has 1 saturated carbocycles. The summed E-state index contributed by atoms with van der Waals surface area (Å²) >= 11 is 1.70. The van der Waals surface area contributed by atoms with Crippen molar-refractivity contribution in [2.45, 2.75) is 46.0 Å². The van der Waals surface area contributed by atoms with Crippen molar-refractivity contribution in [1.82, 2.24) is 4.98 Å².